The Kier molecular flexibility index (Phi) is 4.13. The molecule has 1 aliphatic rings. The molecular weight excluding hydrogens is 310 g/mol. The van der Waals surface area contributed by atoms with Gasteiger partial charge in [-0.25, -0.2) is 0 Å². The van der Waals surface area contributed by atoms with Crippen molar-refractivity contribution in [2.75, 3.05) is 0 Å². The summed E-state index contributed by atoms with van der Waals surface area (Å²) in [5.41, 5.74) is 3.11. The van der Waals surface area contributed by atoms with Crippen LogP contribution in [-0.2, 0) is 4.84 Å². The van der Waals surface area contributed by atoms with Crippen LogP contribution in [0, 0.1) is 0 Å². The summed E-state index contributed by atoms with van der Waals surface area (Å²) in [7, 11) is 0. The molecular formula is C22H17NO2. The average Bonchev–Trinajstić information content (AvgIpc) is 3.14. The fourth-order valence-corrected chi connectivity index (χ4v) is 3.18. The van der Waals surface area contributed by atoms with E-state index in [0.717, 1.165) is 11.1 Å². The molecule has 0 bridgehead atoms. The lowest BCUT2D eigenvalue weighted by Gasteiger charge is -2.19. The Bertz CT molecular complexity index is 889. The van der Waals surface area contributed by atoms with Crippen LogP contribution in [0.1, 0.15) is 33.5 Å². The maximum atomic E-state index is 13.0. The van der Waals surface area contributed by atoms with Gasteiger partial charge in [0.1, 0.15) is 5.71 Å². The van der Waals surface area contributed by atoms with Crippen LogP contribution in [0.15, 0.2) is 96.2 Å². The second kappa shape index (κ2) is 6.73. The molecule has 0 aliphatic carbocycles. The van der Waals surface area contributed by atoms with Gasteiger partial charge in [0.15, 0.2) is 6.10 Å². The Morgan fingerprint density at radius 1 is 0.720 bits per heavy atom. The van der Waals surface area contributed by atoms with E-state index in [4.69, 9.17) is 4.84 Å². The number of rotatable bonds is 4. The first-order chi connectivity index (χ1) is 12.3. The van der Waals surface area contributed by atoms with Gasteiger partial charge in [-0.3, -0.25) is 4.79 Å². The zero-order valence-corrected chi connectivity index (χ0v) is 13.6. The Hall–Kier alpha value is -3.20. The third kappa shape index (κ3) is 2.96. The van der Waals surface area contributed by atoms with Crippen molar-refractivity contribution in [1.29, 1.82) is 0 Å². The molecule has 2 atom stereocenters. The maximum absolute atomic E-state index is 13.0. The predicted molar refractivity (Wildman–Crippen MR) is 97.7 cm³/mol. The summed E-state index contributed by atoms with van der Waals surface area (Å²) < 4.78 is 0. The topological polar surface area (TPSA) is 38.7 Å². The molecule has 3 heteroatoms. The van der Waals surface area contributed by atoms with Gasteiger partial charge in [-0.1, -0.05) is 96.2 Å². The van der Waals surface area contributed by atoms with Gasteiger partial charge in [0, 0.05) is 5.56 Å². The smallest absolute Gasteiger partial charge is 0.211 e. The summed E-state index contributed by atoms with van der Waals surface area (Å²) in [6.07, 6.45) is -0.300. The minimum Gasteiger partial charge on any atom is -0.386 e. The van der Waals surface area contributed by atoms with Crippen LogP contribution in [0.4, 0.5) is 0 Å². The molecule has 0 radical (unpaired) electrons. The van der Waals surface area contributed by atoms with Crippen LogP contribution in [0.2, 0.25) is 0 Å². The molecule has 122 valence electrons. The van der Waals surface area contributed by atoms with Crippen molar-refractivity contribution in [2.45, 2.75) is 12.0 Å². The minimum absolute atomic E-state index is 0.0899. The highest BCUT2D eigenvalue weighted by molar-refractivity contribution is 6.48. The number of Topliss-reactive ketones (excluding diaryl/α,β-unsaturated/α-hetero) is 1. The minimum atomic E-state index is -0.300. The molecule has 0 spiro atoms. The van der Waals surface area contributed by atoms with Gasteiger partial charge in [-0.05, 0) is 11.1 Å². The number of carbonyl (C=O) groups is 1. The Morgan fingerprint density at radius 3 is 1.84 bits per heavy atom. The van der Waals surface area contributed by atoms with Crippen molar-refractivity contribution in [1.82, 2.24) is 0 Å². The molecule has 3 aromatic rings. The van der Waals surface area contributed by atoms with Crippen molar-refractivity contribution >= 4 is 11.5 Å². The van der Waals surface area contributed by atoms with E-state index in [9.17, 15) is 4.79 Å². The molecule has 0 saturated heterocycles. The molecule has 1 aliphatic heterocycles. The number of hydrogen-bond donors (Lipinski definition) is 0. The van der Waals surface area contributed by atoms with Crippen molar-refractivity contribution in [3.63, 3.8) is 0 Å². The van der Waals surface area contributed by atoms with Gasteiger partial charge in [-0.15, -0.1) is 0 Å². The highest BCUT2D eigenvalue weighted by atomic mass is 16.6. The van der Waals surface area contributed by atoms with Crippen LogP contribution in [0.3, 0.4) is 0 Å². The molecule has 4 rings (SSSR count). The van der Waals surface area contributed by atoms with E-state index >= 15 is 0 Å². The predicted octanol–water partition coefficient (Wildman–Crippen LogP) is 4.78. The molecule has 3 aromatic carbocycles. The van der Waals surface area contributed by atoms with E-state index in [0.29, 0.717) is 11.3 Å². The summed E-state index contributed by atoms with van der Waals surface area (Å²) >= 11 is 0. The van der Waals surface area contributed by atoms with Crippen molar-refractivity contribution < 1.29 is 9.63 Å². The van der Waals surface area contributed by atoms with Gasteiger partial charge in [0.25, 0.3) is 0 Å². The van der Waals surface area contributed by atoms with E-state index in [-0.39, 0.29) is 17.8 Å². The van der Waals surface area contributed by atoms with Crippen LogP contribution >= 0.6 is 0 Å². The molecule has 0 unspecified atom stereocenters. The number of nitrogens with zero attached hydrogens (tertiary/aromatic N) is 1. The molecule has 25 heavy (non-hydrogen) atoms. The highest BCUT2D eigenvalue weighted by Gasteiger charge is 2.40. The van der Waals surface area contributed by atoms with E-state index in [1.807, 2.05) is 91.0 Å². The molecule has 0 fully saturated rings. The van der Waals surface area contributed by atoms with E-state index in [2.05, 4.69) is 5.16 Å². The maximum Gasteiger partial charge on any atom is 0.211 e. The number of benzene rings is 3. The fourth-order valence-electron chi connectivity index (χ4n) is 3.18. The lowest BCUT2D eigenvalue weighted by molar-refractivity contribution is 0.0763. The zero-order chi connectivity index (χ0) is 17.1. The van der Waals surface area contributed by atoms with Gasteiger partial charge in [0.2, 0.25) is 5.78 Å². The molecule has 0 N–H and O–H groups in total. The van der Waals surface area contributed by atoms with E-state index in [1.54, 1.807) is 0 Å². The van der Waals surface area contributed by atoms with Crippen LogP contribution in [0.5, 0.6) is 0 Å². The standard InChI is InChI=1S/C22H17NO2/c24-21(17-12-6-2-7-13-17)20-19(16-10-4-1-5-11-16)22(25-23-20)18-14-8-3-9-15-18/h1-15,19,22H/t19-,22+/m0/s1. The Balaban J connectivity index is 1.75. The summed E-state index contributed by atoms with van der Waals surface area (Å²) in [6.45, 7) is 0. The van der Waals surface area contributed by atoms with Crippen molar-refractivity contribution in [3.05, 3.63) is 108 Å². The molecule has 0 saturated carbocycles. The highest BCUT2D eigenvalue weighted by Crippen LogP contribution is 2.40. The molecule has 3 nitrogen and oxygen atoms in total. The van der Waals surface area contributed by atoms with Crippen LogP contribution in [-0.4, -0.2) is 11.5 Å². The van der Waals surface area contributed by atoms with Crippen LogP contribution < -0.4 is 0 Å². The van der Waals surface area contributed by atoms with Gasteiger partial charge in [0.05, 0.1) is 5.92 Å². The van der Waals surface area contributed by atoms with Gasteiger partial charge < -0.3 is 4.84 Å². The molecule has 0 aromatic heterocycles. The number of oxime groups is 1. The monoisotopic (exact) mass is 327 g/mol. The van der Waals surface area contributed by atoms with E-state index in [1.165, 1.54) is 0 Å². The largest absolute Gasteiger partial charge is 0.386 e. The first-order valence-corrected chi connectivity index (χ1v) is 8.28. The fraction of sp³-hybridized carbons (Fsp3) is 0.0909. The SMILES string of the molecule is O=C(C1=NO[C@H](c2ccccc2)[C@H]1c1ccccc1)c1ccccc1. The van der Waals surface area contributed by atoms with E-state index < -0.39 is 0 Å². The third-order valence-electron chi connectivity index (χ3n) is 4.42. The first kappa shape index (κ1) is 15.3. The molecule has 0 amide bonds. The number of ketones is 1. The zero-order valence-electron chi connectivity index (χ0n) is 13.6. The third-order valence-corrected chi connectivity index (χ3v) is 4.42. The summed E-state index contributed by atoms with van der Waals surface area (Å²) in [5, 5.41) is 4.19. The summed E-state index contributed by atoms with van der Waals surface area (Å²) in [5.74, 6) is -0.316. The average molecular weight is 327 g/mol. The Morgan fingerprint density at radius 2 is 1.24 bits per heavy atom. The number of carbonyl (C=O) groups excluding carboxylic acids is 1. The summed E-state index contributed by atoms with van der Waals surface area (Å²) in [4.78, 5) is 18.7. The first-order valence-electron chi connectivity index (χ1n) is 8.28. The second-order valence-corrected chi connectivity index (χ2v) is 6.00. The lowest BCUT2D eigenvalue weighted by atomic mass is 9.83. The van der Waals surface area contributed by atoms with Gasteiger partial charge in [-0.2, -0.15) is 0 Å². The lowest BCUT2D eigenvalue weighted by Crippen LogP contribution is -2.23. The summed E-state index contributed by atoms with van der Waals surface area (Å²) in [6, 6.07) is 29.1. The normalized spacial score (nSPS) is 19.1. The number of hydrogen-bond acceptors (Lipinski definition) is 3. The molecule has 1 heterocycles. The Labute approximate surface area is 146 Å². The second-order valence-electron chi connectivity index (χ2n) is 6.00. The van der Waals surface area contributed by atoms with Gasteiger partial charge >= 0.3 is 0 Å². The quantitative estimate of drug-likeness (QED) is 0.647. The van der Waals surface area contributed by atoms with Crippen LogP contribution in [0.25, 0.3) is 0 Å². The van der Waals surface area contributed by atoms with Crippen molar-refractivity contribution in [2.24, 2.45) is 5.16 Å². The van der Waals surface area contributed by atoms with Crippen molar-refractivity contribution in [3.8, 4) is 0 Å².